The van der Waals surface area contributed by atoms with Crippen LogP contribution in [0.5, 0.6) is 0 Å². The second-order valence-corrected chi connectivity index (χ2v) is 5.91. The molecule has 0 bridgehead atoms. The molecule has 2 N–H and O–H groups in total. The zero-order valence-electron chi connectivity index (χ0n) is 10.8. The molecule has 0 aliphatic carbocycles. The molecule has 1 aliphatic rings. The summed E-state index contributed by atoms with van der Waals surface area (Å²) in [7, 11) is 0. The van der Waals surface area contributed by atoms with Gasteiger partial charge in [-0.05, 0) is 17.5 Å². The Balaban J connectivity index is 1.90. The molecule has 4 nitrogen and oxygen atoms in total. The number of carboxylic acid groups (broad SMARTS) is 1. The number of fused-ring (bicyclic) bond motifs is 1. The molecule has 2 atom stereocenters. The summed E-state index contributed by atoms with van der Waals surface area (Å²) in [6.07, 6.45) is 0.0796. The van der Waals surface area contributed by atoms with Crippen molar-refractivity contribution in [2.75, 3.05) is 12.3 Å². The van der Waals surface area contributed by atoms with Crippen LogP contribution in [0.25, 0.3) is 0 Å². The van der Waals surface area contributed by atoms with Crippen molar-refractivity contribution in [3.63, 3.8) is 0 Å². The molecule has 0 saturated heterocycles. The summed E-state index contributed by atoms with van der Waals surface area (Å²) in [6, 6.07) is 7.93. The minimum absolute atomic E-state index is 0.00492. The van der Waals surface area contributed by atoms with E-state index >= 15 is 0 Å². The number of rotatable bonds is 5. The number of thioether (sulfide) groups is 1. The average Bonchev–Trinajstić information content (AvgIpc) is 2.79. The van der Waals surface area contributed by atoms with Gasteiger partial charge in [0, 0.05) is 23.6 Å². The molecule has 1 aromatic rings. The van der Waals surface area contributed by atoms with Crippen molar-refractivity contribution in [2.45, 2.75) is 24.2 Å². The van der Waals surface area contributed by atoms with E-state index < -0.39 is 5.97 Å². The molecule has 0 spiro atoms. The summed E-state index contributed by atoms with van der Waals surface area (Å²) in [5.41, 5.74) is 1.08. The zero-order chi connectivity index (χ0) is 13.8. The standard InChI is InChI=1S/C14H17NO3S/c1-9(6-13(16)17)7-15-14(18)11-8-19-12-5-3-2-4-10(11)12/h2-5,9,11H,6-8H2,1H3,(H,15,18)(H,16,17). The second kappa shape index (κ2) is 6.10. The lowest BCUT2D eigenvalue weighted by Gasteiger charge is -2.14. The SMILES string of the molecule is CC(CNC(=O)C1CSc2ccccc21)CC(=O)O. The molecule has 5 heteroatoms. The van der Waals surface area contributed by atoms with E-state index in [1.165, 1.54) is 4.90 Å². The van der Waals surface area contributed by atoms with Crippen molar-refractivity contribution in [3.05, 3.63) is 29.8 Å². The highest BCUT2D eigenvalue weighted by molar-refractivity contribution is 7.99. The molecule has 2 unspecified atom stereocenters. The van der Waals surface area contributed by atoms with E-state index in [1.807, 2.05) is 31.2 Å². The van der Waals surface area contributed by atoms with Crippen LogP contribution in [0.3, 0.4) is 0 Å². The molecular weight excluding hydrogens is 262 g/mol. The van der Waals surface area contributed by atoms with Crippen LogP contribution in [0.2, 0.25) is 0 Å². The Morgan fingerprint density at radius 3 is 2.95 bits per heavy atom. The Morgan fingerprint density at radius 1 is 1.47 bits per heavy atom. The Hall–Kier alpha value is -1.49. The molecule has 1 aromatic carbocycles. The summed E-state index contributed by atoms with van der Waals surface area (Å²) in [6.45, 7) is 2.24. The monoisotopic (exact) mass is 279 g/mol. The predicted molar refractivity (Wildman–Crippen MR) is 74.3 cm³/mol. The van der Waals surface area contributed by atoms with Crippen LogP contribution in [0, 0.1) is 5.92 Å². The molecule has 102 valence electrons. The lowest BCUT2D eigenvalue weighted by atomic mass is 10.00. The predicted octanol–water partition coefficient (Wildman–Crippen LogP) is 2.10. The first-order valence-corrected chi connectivity index (χ1v) is 7.27. The molecule has 1 heterocycles. The number of nitrogens with one attached hydrogen (secondary N) is 1. The smallest absolute Gasteiger partial charge is 0.303 e. The number of hydrogen-bond acceptors (Lipinski definition) is 3. The first-order chi connectivity index (χ1) is 9.08. The Kier molecular flexibility index (Phi) is 4.47. The molecular formula is C14H17NO3S. The van der Waals surface area contributed by atoms with Crippen LogP contribution in [0.4, 0.5) is 0 Å². The van der Waals surface area contributed by atoms with E-state index in [-0.39, 0.29) is 24.2 Å². The van der Waals surface area contributed by atoms with Crippen LogP contribution in [-0.2, 0) is 9.59 Å². The van der Waals surface area contributed by atoms with Gasteiger partial charge in [0.2, 0.25) is 5.91 Å². The molecule has 0 radical (unpaired) electrons. The Morgan fingerprint density at radius 2 is 2.21 bits per heavy atom. The fraction of sp³-hybridized carbons (Fsp3) is 0.429. The lowest BCUT2D eigenvalue weighted by molar-refractivity contribution is -0.138. The summed E-state index contributed by atoms with van der Waals surface area (Å²) in [5, 5.41) is 11.5. The fourth-order valence-corrected chi connectivity index (χ4v) is 3.38. The van der Waals surface area contributed by atoms with Crippen molar-refractivity contribution in [3.8, 4) is 0 Å². The third kappa shape index (κ3) is 3.50. The summed E-state index contributed by atoms with van der Waals surface area (Å²) in [4.78, 5) is 23.9. The van der Waals surface area contributed by atoms with Crippen LogP contribution in [-0.4, -0.2) is 29.3 Å². The minimum atomic E-state index is -0.830. The van der Waals surface area contributed by atoms with E-state index in [1.54, 1.807) is 11.8 Å². The normalized spacial score (nSPS) is 18.7. The number of carbonyl (C=O) groups excluding carboxylic acids is 1. The highest BCUT2D eigenvalue weighted by Gasteiger charge is 2.28. The zero-order valence-corrected chi connectivity index (χ0v) is 11.6. The maximum atomic E-state index is 12.1. The highest BCUT2D eigenvalue weighted by atomic mass is 32.2. The highest BCUT2D eigenvalue weighted by Crippen LogP contribution is 2.39. The van der Waals surface area contributed by atoms with Gasteiger partial charge >= 0.3 is 5.97 Å². The third-order valence-electron chi connectivity index (χ3n) is 3.16. The third-order valence-corrected chi connectivity index (χ3v) is 4.35. The van der Waals surface area contributed by atoms with Gasteiger partial charge in [0.1, 0.15) is 0 Å². The molecule has 0 saturated carbocycles. The second-order valence-electron chi connectivity index (χ2n) is 4.85. The number of amides is 1. The van der Waals surface area contributed by atoms with E-state index in [0.29, 0.717) is 6.54 Å². The van der Waals surface area contributed by atoms with E-state index in [2.05, 4.69) is 5.32 Å². The van der Waals surface area contributed by atoms with Gasteiger partial charge in [0.15, 0.2) is 0 Å². The van der Waals surface area contributed by atoms with E-state index in [4.69, 9.17) is 5.11 Å². The van der Waals surface area contributed by atoms with E-state index in [9.17, 15) is 9.59 Å². The molecule has 1 amide bonds. The van der Waals surface area contributed by atoms with Gasteiger partial charge in [-0.15, -0.1) is 11.8 Å². The lowest BCUT2D eigenvalue weighted by Crippen LogP contribution is -2.33. The van der Waals surface area contributed by atoms with Crippen LogP contribution >= 0.6 is 11.8 Å². The minimum Gasteiger partial charge on any atom is -0.481 e. The molecule has 0 fully saturated rings. The van der Waals surface area contributed by atoms with Crippen LogP contribution < -0.4 is 5.32 Å². The molecule has 0 aromatic heterocycles. The largest absolute Gasteiger partial charge is 0.481 e. The fourth-order valence-electron chi connectivity index (χ4n) is 2.15. The van der Waals surface area contributed by atoms with Crippen LogP contribution in [0.15, 0.2) is 29.2 Å². The van der Waals surface area contributed by atoms with Crippen molar-refractivity contribution >= 4 is 23.6 Å². The van der Waals surface area contributed by atoms with Gasteiger partial charge in [0.25, 0.3) is 0 Å². The summed E-state index contributed by atoms with van der Waals surface area (Å²) in [5.74, 6) is -0.236. The van der Waals surface area contributed by atoms with E-state index in [0.717, 1.165) is 11.3 Å². The maximum Gasteiger partial charge on any atom is 0.303 e. The topological polar surface area (TPSA) is 66.4 Å². The number of hydrogen-bond donors (Lipinski definition) is 2. The van der Waals surface area contributed by atoms with Crippen molar-refractivity contribution in [1.82, 2.24) is 5.32 Å². The summed E-state index contributed by atoms with van der Waals surface area (Å²) < 4.78 is 0. The van der Waals surface area contributed by atoms with Gasteiger partial charge in [-0.1, -0.05) is 25.1 Å². The van der Waals surface area contributed by atoms with Crippen molar-refractivity contribution < 1.29 is 14.7 Å². The quantitative estimate of drug-likeness (QED) is 0.866. The first-order valence-electron chi connectivity index (χ1n) is 6.29. The molecule has 19 heavy (non-hydrogen) atoms. The Bertz CT molecular complexity index is 489. The first kappa shape index (κ1) is 13.9. The molecule has 2 rings (SSSR count). The number of aliphatic carboxylic acids is 1. The Labute approximate surface area is 116 Å². The van der Waals surface area contributed by atoms with Gasteiger partial charge in [0.05, 0.1) is 5.92 Å². The van der Waals surface area contributed by atoms with Crippen molar-refractivity contribution in [1.29, 1.82) is 0 Å². The average molecular weight is 279 g/mol. The van der Waals surface area contributed by atoms with Gasteiger partial charge in [-0.2, -0.15) is 0 Å². The molecule has 1 aliphatic heterocycles. The summed E-state index contributed by atoms with van der Waals surface area (Å²) >= 11 is 1.69. The van der Waals surface area contributed by atoms with Gasteiger partial charge in [-0.3, -0.25) is 9.59 Å². The van der Waals surface area contributed by atoms with Gasteiger partial charge < -0.3 is 10.4 Å². The van der Waals surface area contributed by atoms with Crippen molar-refractivity contribution in [2.24, 2.45) is 5.92 Å². The maximum absolute atomic E-state index is 12.1. The number of benzene rings is 1. The number of carboxylic acids is 1. The number of carbonyl (C=O) groups is 2. The van der Waals surface area contributed by atoms with Crippen LogP contribution in [0.1, 0.15) is 24.8 Å². The van der Waals surface area contributed by atoms with Gasteiger partial charge in [-0.25, -0.2) is 0 Å².